The lowest BCUT2D eigenvalue weighted by Crippen LogP contribution is -2.22. The van der Waals surface area contributed by atoms with E-state index in [4.69, 9.17) is 0 Å². The summed E-state index contributed by atoms with van der Waals surface area (Å²) in [5.41, 5.74) is 1.81. The van der Waals surface area contributed by atoms with Crippen molar-refractivity contribution in [3.63, 3.8) is 0 Å². The van der Waals surface area contributed by atoms with Crippen molar-refractivity contribution in [1.82, 2.24) is 9.78 Å². The SMILES string of the molecule is CCc1nn(C)cc1C(=O)C1CCCC(C)C1. The fraction of sp³-hybridized carbons (Fsp3) is 0.714. The molecule has 1 fully saturated rings. The van der Waals surface area contributed by atoms with Crippen molar-refractivity contribution in [2.75, 3.05) is 0 Å². The minimum Gasteiger partial charge on any atom is -0.294 e. The summed E-state index contributed by atoms with van der Waals surface area (Å²) in [5, 5.41) is 4.36. The summed E-state index contributed by atoms with van der Waals surface area (Å²) in [6.45, 7) is 4.31. The summed E-state index contributed by atoms with van der Waals surface area (Å²) >= 11 is 0. The lowest BCUT2D eigenvalue weighted by atomic mass is 9.79. The lowest BCUT2D eigenvalue weighted by molar-refractivity contribution is 0.0867. The molecule has 0 amide bonds. The van der Waals surface area contributed by atoms with Crippen molar-refractivity contribution in [3.8, 4) is 0 Å². The van der Waals surface area contributed by atoms with E-state index in [9.17, 15) is 4.79 Å². The molecular formula is C14H22N2O. The van der Waals surface area contributed by atoms with E-state index in [2.05, 4.69) is 18.9 Å². The summed E-state index contributed by atoms with van der Waals surface area (Å²) in [5.74, 6) is 1.24. The third-order valence-electron chi connectivity index (χ3n) is 3.81. The fourth-order valence-electron chi connectivity index (χ4n) is 2.89. The highest BCUT2D eigenvalue weighted by atomic mass is 16.1. The van der Waals surface area contributed by atoms with Gasteiger partial charge in [-0.2, -0.15) is 5.10 Å². The number of carbonyl (C=O) groups excluding carboxylic acids is 1. The van der Waals surface area contributed by atoms with Crippen LogP contribution in [0.25, 0.3) is 0 Å². The first-order valence-corrected chi connectivity index (χ1v) is 6.68. The number of ketones is 1. The van der Waals surface area contributed by atoms with Crippen molar-refractivity contribution >= 4 is 5.78 Å². The Hall–Kier alpha value is -1.12. The number of hydrogen-bond acceptors (Lipinski definition) is 2. The van der Waals surface area contributed by atoms with E-state index in [1.54, 1.807) is 4.68 Å². The van der Waals surface area contributed by atoms with Gasteiger partial charge in [0.15, 0.2) is 5.78 Å². The van der Waals surface area contributed by atoms with E-state index in [0.717, 1.165) is 30.5 Å². The van der Waals surface area contributed by atoms with Crippen molar-refractivity contribution in [2.24, 2.45) is 18.9 Å². The van der Waals surface area contributed by atoms with Gasteiger partial charge in [0.05, 0.1) is 11.3 Å². The van der Waals surface area contributed by atoms with Gasteiger partial charge in [-0.05, 0) is 25.2 Å². The molecule has 2 rings (SSSR count). The maximum absolute atomic E-state index is 12.5. The molecule has 94 valence electrons. The monoisotopic (exact) mass is 234 g/mol. The third kappa shape index (κ3) is 2.59. The molecule has 1 aliphatic rings. The number of aromatic nitrogens is 2. The Labute approximate surface area is 103 Å². The van der Waals surface area contributed by atoms with Crippen molar-refractivity contribution in [2.45, 2.75) is 46.0 Å². The average molecular weight is 234 g/mol. The first kappa shape index (κ1) is 12.3. The van der Waals surface area contributed by atoms with Gasteiger partial charge in [0, 0.05) is 19.2 Å². The Kier molecular flexibility index (Phi) is 3.65. The van der Waals surface area contributed by atoms with Crippen molar-refractivity contribution in [3.05, 3.63) is 17.5 Å². The van der Waals surface area contributed by atoms with Crippen molar-refractivity contribution in [1.29, 1.82) is 0 Å². The molecule has 0 bridgehead atoms. The predicted molar refractivity (Wildman–Crippen MR) is 68.0 cm³/mol. The van der Waals surface area contributed by atoms with Gasteiger partial charge >= 0.3 is 0 Å². The molecule has 0 radical (unpaired) electrons. The number of carbonyl (C=O) groups is 1. The highest BCUT2D eigenvalue weighted by Gasteiger charge is 2.28. The molecule has 0 spiro atoms. The zero-order chi connectivity index (χ0) is 12.4. The maximum atomic E-state index is 12.5. The first-order chi connectivity index (χ1) is 8.11. The van der Waals surface area contributed by atoms with Gasteiger partial charge in [-0.1, -0.05) is 26.7 Å². The van der Waals surface area contributed by atoms with E-state index >= 15 is 0 Å². The minimum atomic E-state index is 0.230. The van der Waals surface area contributed by atoms with Gasteiger partial charge < -0.3 is 0 Å². The Morgan fingerprint density at radius 3 is 2.94 bits per heavy atom. The van der Waals surface area contributed by atoms with Crippen molar-refractivity contribution < 1.29 is 4.79 Å². The molecule has 3 heteroatoms. The number of nitrogens with zero attached hydrogens (tertiary/aromatic N) is 2. The van der Waals surface area contributed by atoms with Gasteiger partial charge in [-0.15, -0.1) is 0 Å². The molecule has 1 heterocycles. The standard InChI is InChI=1S/C14H22N2O/c1-4-13-12(9-16(3)15-13)14(17)11-7-5-6-10(2)8-11/h9-11H,4-8H2,1-3H3. The molecule has 0 saturated heterocycles. The molecule has 0 aromatic carbocycles. The van der Waals surface area contributed by atoms with Crippen LogP contribution in [0.5, 0.6) is 0 Å². The van der Waals surface area contributed by atoms with E-state index in [-0.39, 0.29) is 5.92 Å². The predicted octanol–water partition coefficient (Wildman–Crippen LogP) is 2.99. The number of hydrogen-bond donors (Lipinski definition) is 0. The average Bonchev–Trinajstić information content (AvgIpc) is 2.69. The maximum Gasteiger partial charge on any atom is 0.169 e. The summed E-state index contributed by atoms with van der Waals surface area (Å²) in [6.07, 6.45) is 7.31. The molecule has 0 N–H and O–H groups in total. The molecule has 1 aromatic heterocycles. The molecule has 1 aromatic rings. The Morgan fingerprint density at radius 2 is 2.29 bits per heavy atom. The van der Waals surface area contributed by atoms with Gasteiger partial charge in [0.1, 0.15) is 0 Å². The molecule has 0 aliphatic heterocycles. The highest BCUT2D eigenvalue weighted by molar-refractivity contribution is 5.98. The molecule has 2 atom stereocenters. The molecular weight excluding hydrogens is 212 g/mol. The summed E-state index contributed by atoms with van der Waals surface area (Å²) in [6, 6.07) is 0. The number of aryl methyl sites for hydroxylation is 2. The second-order valence-corrected chi connectivity index (χ2v) is 5.35. The number of rotatable bonds is 3. The second kappa shape index (κ2) is 5.03. The van der Waals surface area contributed by atoms with E-state index in [0.29, 0.717) is 11.7 Å². The first-order valence-electron chi connectivity index (χ1n) is 6.68. The minimum absolute atomic E-state index is 0.230. The van der Waals surface area contributed by atoms with Crippen LogP contribution in [0.4, 0.5) is 0 Å². The van der Waals surface area contributed by atoms with Crippen LogP contribution >= 0.6 is 0 Å². The Bertz CT molecular complexity index is 408. The van der Waals surface area contributed by atoms with Crippen LogP contribution < -0.4 is 0 Å². The molecule has 2 unspecified atom stereocenters. The molecule has 1 aliphatic carbocycles. The van der Waals surface area contributed by atoms with Gasteiger partial charge in [0.2, 0.25) is 0 Å². The van der Waals surface area contributed by atoms with Gasteiger partial charge in [-0.25, -0.2) is 0 Å². The van der Waals surface area contributed by atoms with E-state index in [1.165, 1.54) is 12.8 Å². The smallest absolute Gasteiger partial charge is 0.169 e. The van der Waals surface area contributed by atoms with E-state index in [1.807, 2.05) is 13.2 Å². The molecule has 3 nitrogen and oxygen atoms in total. The largest absolute Gasteiger partial charge is 0.294 e. The quantitative estimate of drug-likeness (QED) is 0.754. The summed E-state index contributed by atoms with van der Waals surface area (Å²) in [4.78, 5) is 12.5. The zero-order valence-corrected chi connectivity index (χ0v) is 11.1. The van der Waals surface area contributed by atoms with Crippen LogP contribution in [0.15, 0.2) is 6.20 Å². The molecule has 17 heavy (non-hydrogen) atoms. The van der Waals surface area contributed by atoms with Gasteiger partial charge in [-0.3, -0.25) is 9.48 Å². The van der Waals surface area contributed by atoms with Crippen LogP contribution in [0.1, 0.15) is 55.6 Å². The summed E-state index contributed by atoms with van der Waals surface area (Å²) in [7, 11) is 1.89. The normalized spacial score (nSPS) is 24.9. The molecule has 1 saturated carbocycles. The second-order valence-electron chi connectivity index (χ2n) is 5.35. The van der Waals surface area contributed by atoms with Crippen LogP contribution in [0.3, 0.4) is 0 Å². The van der Waals surface area contributed by atoms with Gasteiger partial charge in [0.25, 0.3) is 0 Å². The third-order valence-corrected chi connectivity index (χ3v) is 3.81. The van der Waals surface area contributed by atoms with Crippen LogP contribution in [0.2, 0.25) is 0 Å². The van der Waals surface area contributed by atoms with Crippen LogP contribution in [-0.2, 0) is 13.5 Å². The fourth-order valence-corrected chi connectivity index (χ4v) is 2.89. The topological polar surface area (TPSA) is 34.9 Å². The Morgan fingerprint density at radius 1 is 1.53 bits per heavy atom. The van der Waals surface area contributed by atoms with Crippen LogP contribution in [-0.4, -0.2) is 15.6 Å². The summed E-state index contributed by atoms with van der Waals surface area (Å²) < 4.78 is 1.76. The zero-order valence-electron chi connectivity index (χ0n) is 11.1. The Balaban J connectivity index is 2.18. The van der Waals surface area contributed by atoms with Crippen LogP contribution in [0, 0.1) is 11.8 Å². The number of Topliss-reactive ketones (excluding diaryl/α,β-unsaturated/α-hetero) is 1. The highest BCUT2D eigenvalue weighted by Crippen LogP contribution is 2.31. The lowest BCUT2D eigenvalue weighted by Gasteiger charge is -2.25. The van der Waals surface area contributed by atoms with E-state index < -0.39 is 0 Å².